The quantitative estimate of drug-likeness (QED) is 0.820. The molecule has 0 aromatic heterocycles. The summed E-state index contributed by atoms with van der Waals surface area (Å²) in [6, 6.07) is 7.89. The first kappa shape index (κ1) is 18.3. The molecule has 0 unspecified atom stereocenters. The van der Waals surface area contributed by atoms with Crippen molar-refractivity contribution < 1.29 is 9.59 Å². The van der Waals surface area contributed by atoms with E-state index in [9.17, 15) is 9.59 Å². The Labute approximate surface area is 154 Å². The molecule has 0 aliphatic carbocycles. The number of anilines is 1. The third kappa shape index (κ3) is 4.98. The summed E-state index contributed by atoms with van der Waals surface area (Å²) in [4.78, 5) is 30.0. The molecular formula is C19H27N3O2S. The molecule has 1 N–H and O–H groups in total. The first-order valence-electron chi connectivity index (χ1n) is 9.11. The fourth-order valence-electron chi connectivity index (χ4n) is 3.61. The molecule has 0 atom stereocenters. The smallest absolute Gasteiger partial charge is 0.238 e. The first-order valence-corrected chi connectivity index (χ1v) is 10.3. The third-order valence-corrected chi connectivity index (χ3v) is 5.84. The van der Waals surface area contributed by atoms with Gasteiger partial charge in [-0.25, -0.2) is 0 Å². The lowest BCUT2D eigenvalue weighted by atomic mass is 9.95. The Hall–Kier alpha value is -1.53. The molecule has 0 radical (unpaired) electrons. The van der Waals surface area contributed by atoms with Crippen molar-refractivity contribution in [1.82, 2.24) is 9.80 Å². The van der Waals surface area contributed by atoms with Crippen LogP contribution >= 0.6 is 11.8 Å². The highest BCUT2D eigenvalue weighted by molar-refractivity contribution is 7.98. The van der Waals surface area contributed by atoms with Gasteiger partial charge in [0.25, 0.3) is 0 Å². The van der Waals surface area contributed by atoms with Gasteiger partial charge >= 0.3 is 0 Å². The summed E-state index contributed by atoms with van der Waals surface area (Å²) >= 11 is 1.68. The zero-order chi connectivity index (χ0) is 17.6. The van der Waals surface area contributed by atoms with Gasteiger partial charge in [0.15, 0.2) is 0 Å². The molecule has 0 saturated carbocycles. The molecule has 2 saturated heterocycles. The second kappa shape index (κ2) is 8.72. The molecule has 2 amide bonds. The van der Waals surface area contributed by atoms with E-state index in [0.717, 1.165) is 57.5 Å². The van der Waals surface area contributed by atoms with Crippen LogP contribution < -0.4 is 5.32 Å². The van der Waals surface area contributed by atoms with Crippen molar-refractivity contribution in [3.8, 4) is 0 Å². The zero-order valence-electron chi connectivity index (χ0n) is 14.9. The van der Waals surface area contributed by atoms with Crippen molar-refractivity contribution in [2.24, 2.45) is 5.92 Å². The molecule has 5 nitrogen and oxygen atoms in total. The van der Waals surface area contributed by atoms with Gasteiger partial charge in [0.05, 0.1) is 6.54 Å². The highest BCUT2D eigenvalue weighted by atomic mass is 32.2. The van der Waals surface area contributed by atoms with Gasteiger partial charge < -0.3 is 10.2 Å². The van der Waals surface area contributed by atoms with Crippen LogP contribution in [0.25, 0.3) is 0 Å². The molecule has 2 aliphatic heterocycles. The third-order valence-electron chi connectivity index (χ3n) is 5.10. The summed E-state index contributed by atoms with van der Waals surface area (Å²) in [5.74, 6) is 0.494. The second-order valence-corrected chi connectivity index (χ2v) is 7.74. The monoisotopic (exact) mass is 361 g/mol. The van der Waals surface area contributed by atoms with Gasteiger partial charge in [0, 0.05) is 29.6 Å². The maximum atomic E-state index is 12.4. The Morgan fingerprint density at radius 2 is 1.72 bits per heavy atom. The topological polar surface area (TPSA) is 52.7 Å². The Balaban J connectivity index is 1.41. The Bertz CT molecular complexity index is 591. The van der Waals surface area contributed by atoms with Crippen LogP contribution in [0.15, 0.2) is 29.2 Å². The van der Waals surface area contributed by atoms with E-state index in [2.05, 4.69) is 10.2 Å². The normalized spacial score (nSPS) is 19.2. The molecule has 2 heterocycles. The van der Waals surface area contributed by atoms with Crippen LogP contribution in [0.4, 0.5) is 5.69 Å². The van der Waals surface area contributed by atoms with E-state index >= 15 is 0 Å². The van der Waals surface area contributed by atoms with Gasteiger partial charge in [-0.1, -0.05) is 0 Å². The van der Waals surface area contributed by atoms with Crippen molar-refractivity contribution >= 4 is 29.3 Å². The second-order valence-electron chi connectivity index (χ2n) is 6.86. The Morgan fingerprint density at radius 1 is 1.08 bits per heavy atom. The van der Waals surface area contributed by atoms with E-state index in [1.807, 2.05) is 35.4 Å². The summed E-state index contributed by atoms with van der Waals surface area (Å²) < 4.78 is 0. The van der Waals surface area contributed by atoms with Crippen molar-refractivity contribution in [3.63, 3.8) is 0 Å². The van der Waals surface area contributed by atoms with Gasteiger partial charge in [-0.05, 0) is 69.3 Å². The highest BCUT2D eigenvalue weighted by Gasteiger charge is 2.30. The lowest BCUT2D eigenvalue weighted by Gasteiger charge is -2.32. The van der Waals surface area contributed by atoms with Crippen molar-refractivity contribution in [2.45, 2.75) is 30.6 Å². The van der Waals surface area contributed by atoms with Gasteiger partial charge in [-0.2, -0.15) is 0 Å². The minimum atomic E-state index is 0.0150. The van der Waals surface area contributed by atoms with Crippen LogP contribution in [0.3, 0.4) is 0 Å². The average molecular weight is 362 g/mol. The van der Waals surface area contributed by atoms with Crippen LogP contribution in [0.1, 0.15) is 25.7 Å². The molecule has 2 fully saturated rings. The van der Waals surface area contributed by atoms with E-state index in [4.69, 9.17) is 0 Å². The van der Waals surface area contributed by atoms with Gasteiger partial charge in [-0.15, -0.1) is 11.8 Å². The number of nitrogens with zero attached hydrogens (tertiary/aromatic N) is 2. The summed E-state index contributed by atoms with van der Waals surface area (Å²) in [7, 11) is 0. The fraction of sp³-hybridized carbons (Fsp3) is 0.579. The molecule has 25 heavy (non-hydrogen) atoms. The van der Waals surface area contributed by atoms with Crippen molar-refractivity contribution in [1.29, 1.82) is 0 Å². The summed E-state index contributed by atoms with van der Waals surface area (Å²) in [6.45, 7) is 3.90. The van der Waals surface area contributed by atoms with E-state index in [1.54, 1.807) is 11.8 Å². The van der Waals surface area contributed by atoms with Crippen LogP contribution in [-0.2, 0) is 9.59 Å². The van der Waals surface area contributed by atoms with Crippen LogP contribution in [0, 0.1) is 5.92 Å². The number of carbonyl (C=O) groups is 2. The minimum Gasteiger partial charge on any atom is -0.342 e. The van der Waals surface area contributed by atoms with Gasteiger partial charge in [0.2, 0.25) is 11.8 Å². The average Bonchev–Trinajstić information content (AvgIpc) is 3.17. The number of rotatable bonds is 5. The summed E-state index contributed by atoms with van der Waals surface area (Å²) in [6.07, 6.45) is 6.05. The number of likely N-dealkylation sites (tertiary alicyclic amines) is 2. The van der Waals surface area contributed by atoms with Gasteiger partial charge in [-0.3, -0.25) is 14.5 Å². The Kier molecular flexibility index (Phi) is 6.37. The Morgan fingerprint density at radius 3 is 2.32 bits per heavy atom. The molecule has 0 bridgehead atoms. The highest BCUT2D eigenvalue weighted by Crippen LogP contribution is 2.22. The van der Waals surface area contributed by atoms with Crippen molar-refractivity contribution in [3.05, 3.63) is 24.3 Å². The molecule has 6 heteroatoms. The number of piperidine rings is 1. The van der Waals surface area contributed by atoms with Crippen molar-refractivity contribution in [2.75, 3.05) is 44.3 Å². The number of hydrogen-bond acceptors (Lipinski definition) is 4. The van der Waals surface area contributed by atoms with Gasteiger partial charge in [0.1, 0.15) is 0 Å². The van der Waals surface area contributed by atoms with E-state index in [1.165, 1.54) is 4.90 Å². The minimum absolute atomic E-state index is 0.0150. The molecule has 136 valence electrons. The largest absolute Gasteiger partial charge is 0.342 e. The van der Waals surface area contributed by atoms with Crippen LogP contribution in [-0.4, -0.2) is 60.6 Å². The number of amides is 2. The molecule has 2 aliphatic rings. The van der Waals surface area contributed by atoms with Crippen LogP contribution in [0.5, 0.6) is 0 Å². The SMILES string of the molecule is CSc1ccc(NC(=O)CN2CCC(C(=O)N3CCCC3)CC2)cc1. The number of nitrogens with one attached hydrogen (secondary N) is 1. The zero-order valence-corrected chi connectivity index (χ0v) is 15.7. The molecular weight excluding hydrogens is 334 g/mol. The molecule has 0 spiro atoms. The maximum absolute atomic E-state index is 12.4. The first-order chi connectivity index (χ1) is 12.2. The number of benzene rings is 1. The predicted octanol–water partition coefficient (Wildman–Crippen LogP) is 2.68. The molecule has 1 aromatic rings. The number of thioether (sulfide) groups is 1. The van der Waals surface area contributed by atoms with E-state index in [-0.39, 0.29) is 11.8 Å². The summed E-state index contributed by atoms with van der Waals surface area (Å²) in [5, 5.41) is 2.95. The lowest BCUT2D eigenvalue weighted by Crippen LogP contribution is -2.43. The standard InChI is InChI=1S/C19H27N3O2S/c1-25-17-6-4-16(5-7-17)20-18(23)14-21-12-8-15(9-13-21)19(24)22-10-2-3-11-22/h4-7,15H,2-3,8-14H2,1H3,(H,20,23). The number of carbonyl (C=O) groups excluding carboxylic acids is 2. The van der Waals surface area contributed by atoms with E-state index in [0.29, 0.717) is 12.5 Å². The lowest BCUT2D eigenvalue weighted by molar-refractivity contribution is -0.136. The van der Waals surface area contributed by atoms with Crippen LogP contribution in [0.2, 0.25) is 0 Å². The summed E-state index contributed by atoms with van der Waals surface area (Å²) in [5.41, 5.74) is 0.835. The maximum Gasteiger partial charge on any atom is 0.238 e. The number of hydrogen-bond donors (Lipinski definition) is 1. The predicted molar refractivity (Wildman–Crippen MR) is 102 cm³/mol. The molecule has 1 aromatic carbocycles. The molecule has 3 rings (SSSR count). The fourth-order valence-corrected chi connectivity index (χ4v) is 4.02. The van der Waals surface area contributed by atoms with E-state index < -0.39 is 0 Å².